The van der Waals surface area contributed by atoms with Gasteiger partial charge in [0.1, 0.15) is 6.10 Å². The Morgan fingerprint density at radius 1 is 0.737 bits per heavy atom. The lowest BCUT2D eigenvalue weighted by Crippen LogP contribution is -2.36. The maximum Gasteiger partial charge on any atom is 0.425 e. The van der Waals surface area contributed by atoms with Crippen LogP contribution in [0.1, 0.15) is 76.6 Å². The summed E-state index contributed by atoms with van der Waals surface area (Å²) >= 11 is 5.95. The maximum absolute atomic E-state index is 14.0. The van der Waals surface area contributed by atoms with E-state index in [1.165, 1.54) is 36.4 Å². The van der Waals surface area contributed by atoms with Crippen molar-refractivity contribution >= 4 is 23.5 Å². The molecular formula is C30H30ClF3O4. The zero-order valence-corrected chi connectivity index (χ0v) is 22.0. The van der Waals surface area contributed by atoms with E-state index in [-0.39, 0.29) is 11.1 Å². The minimum absolute atomic E-state index is 0.00584. The summed E-state index contributed by atoms with van der Waals surface area (Å²) in [6.45, 7) is 4.03. The molecule has 3 aromatic rings. The van der Waals surface area contributed by atoms with Gasteiger partial charge in [0.15, 0.2) is 0 Å². The third kappa shape index (κ3) is 8.35. The largest absolute Gasteiger partial charge is 0.454 e. The molecule has 0 N–H and O–H groups in total. The fraction of sp³-hybridized carbons (Fsp3) is 0.333. The summed E-state index contributed by atoms with van der Waals surface area (Å²) in [5, 5.41) is 0.371. The summed E-state index contributed by atoms with van der Waals surface area (Å²) in [5.74, 6) is -1.89. The Balaban J connectivity index is 1.83. The molecule has 0 fully saturated rings. The first kappa shape index (κ1) is 29.2. The Labute approximate surface area is 225 Å². The van der Waals surface area contributed by atoms with Gasteiger partial charge in [-0.15, -0.1) is 0 Å². The van der Waals surface area contributed by atoms with Crippen LogP contribution in [0.2, 0.25) is 5.02 Å². The van der Waals surface area contributed by atoms with Crippen LogP contribution in [0, 0.1) is 0 Å². The number of aryl methyl sites for hydroxylation is 2. The predicted molar refractivity (Wildman–Crippen MR) is 140 cm³/mol. The Kier molecular flexibility index (Phi) is 10.4. The molecule has 0 amide bonds. The van der Waals surface area contributed by atoms with Gasteiger partial charge in [-0.3, -0.25) is 0 Å². The van der Waals surface area contributed by atoms with Crippen molar-refractivity contribution in [2.75, 3.05) is 0 Å². The van der Waals surface area contributed by atoms with Crippen LogP contribution in [0.25, 0.3) is 0 Å². The Morgan fingerprint density at radius 3 is 1.61 bits per heavy atom. The highest BCUT2D eigenvalue weighted by Gasteiger charge is 2.45. The minimum Gasteiger partial charge on any atom is -0.454 e. The van der Waals surface area contributed by atoms with E-state index in [0.29, 0.717) is 10.6 Å². The molecule has 0 saturated carbocycles. The molecule has 3 aromatic carbocycles. The van der Waals surface area contributed by atoms with Gasteiger partial charge >= 0.3 is 18.1 Å². The fourth-order valence-electron chi connectivity index (χ4n) is 3.96. The second-order valence-electron chi connectivity index (χ2n) is 9.01. The lowest BCUT2D eigenvalue weighted by Gasteiger charge is -2.26. The van der Waals surface area contributed by atoms with Gasteiger partial charge in [-0.05, 0) is 65.9 Å². The van der Waals surface area contributed by atoms with Gasteiger partial charge in [0.2, 0.25) is 6.10 Å². The van der Waals surface area contributed by atoms with Crippen LogP contribution in [0.15, 0.2) is 72.8 Å². The molecule has 2 atom stereocenters. The standard InChI is InChI=1S/C30H30ClF3O4/c1-3-5-20-7-11-23(12-8-20)28(35)37-26(22-15-17-25(31)18-16-22)19-27(30(32,33)34)38-29(36)24-13-9-21(6-4-2)10-14-24/h7-18,26-27H,3-6,19H2,1-2H3. The van der Waals surface area contributed by atoms with Crippen LogP contribution < -0.4 is 0 Å². The van der Waals surface area contributed by atoms with Crippen molar-refractivity contribution in [2.45, 2.75) is 64.3 Å². The topological polar surface area (TPSA) is 52.6 Å². The summed E-state index contributed by atoms with van der Waals surface area (Å²) in [6, 6.07) is 18.9. The molecule has 0 aliphatic rings. The number of ether oxygens (including phenoxy) is 2. The highest BCUT2D eigenvalue weighted by molar-refractivity contribution is 6.30. The molecule has 0 spiro atoms. The number of hydrogen-bond donors (Lipinski definition) is 0. The number of rotatable bonds is 11. The van der Waals surface area contributed by atoms with Crippen molar-refractivity contribution in [3.8, 4) is 0 Å². The number of carbonyl (C=O) groups is 2. The first-order valence-electron chi connectivity index (χ1n) is 12.5. The quantitative estimate of drug-likeness (QED) is 0.227. The Morgan fingerprint density at radius 2 is 1.18 bits per heavy atom. The number of halogens is 4. The van der Waals surface area contributed by atoms with Crippen molar-refractivity contribution in [1.29, 1.82) is 0 Å². The van der Waals surface area contributed by atoms with Crippen LogP contribution in [-0.4, -0.2) is 24.2 Å². The van der Waals surface area contributed by atoms with Gasteiger partial charge < -0.3 is 9.47 Å². The smallest absolute Gasteiger partial charge is 0.425 e. The van der Waals surface area contributed by atoms with Crippen molar-refractivity contribution < 1.29 is 32.2 Å². The van der Waals surface area contributed by atoms with Crippen molar-refractivity contribution in [3.63, 3.8) is 0 Å². The van der Waals surface area contributed by atoms with Crippen LogP contribution in [-0.2, 0) is 22.3 Å². The lowest BCUT2D eigenvalue weighted by molar-refractivity contribution is -0.211. The third-order valence-corrected chi connectivity index (χ3v) is 6.24. The third-order valence-electron chi connectivity index (χ3n) is 5.99. The molecule has 8 heteroatoms. The van der Waals surface area contributed by atoms with E-state index in [9.17, 15) is 22.8 Å². The predicted octanol–water partition coefficient (Wildman–Crippen LogP) is 8.32. The zero-order chi connectivity index (χ0) is 27.7. The molecule has 0 saturated heterocycles. The molecule has 2 unspecified atom stereocenters. The van der Waals surface area contributed by atoms with E-state index < -0.39 is 36.7 Å². The first-order chi connectivity index (χ1) is 18.1. The molecule has 0 radical (unpaired) electrons. The summed E-state index contributed by atoms with van der Waals surface area (Å²) in [7, 11) is 0. The number of benzene rings is 3. The number of carbonyl (C=O) groups excluding carboxylic acids is 2. The highest BCUT2D eigenvalue weighted by atomic mass is 35.5. The Bertz CT molecular complexity index is 1190. The fourth-order valence-corrected chi connectivity index (χ4v) is 4.09. The van der Waals surface area contributed by atoms with Crippen molar-refractivity contribution in [1.82, 2.24) is 0 Å². The normalized spacial score (nSPS) is 13.0. The SMILES string of the molecule is CCCc1ccc(C(=O)OC(CC(OC(=O)c2ccc(CCC)cc2)C(F)(F)F)c2ccc(Cl)cc2)cc1. The van der Waals surface area contributed by atoms with Crippen LogP contribution in [0.4, 0.5) is 13.2 Å². The van der Waals surface area contributed by atoms with Gasteiger partial charge in [-0.25, -0.2) is 9.59 Å². The van der Waals surface area contributed by atoms with E-state index in [1.807, 2.05) is 13.8 Å². The first-order valence-corrected chi connectivity index (χ1v) is 12.9. The summed E-state index contributed by atoms with van der Waals surface area (Å²) in [4.78, 5) is 25.5. The molecule has 4 nitrogen and oxygen atoms in total. The molecule has 0 aliphatic carbocycles. The van der Waals surface area contributed by atoms with Crippen molar-refractivity contribution in [2.24, 2.45) is 0 Å². The molecule has 0 aliphatic heterocycles. The van der Waals surface area contributed by atoms with Crippen LogP contribution in [0.3, 0.4) is 0 Å². The van der Waals surface area contributed by atoms with Gasteiger partial charge in [0.05, 0.1) is 11.1 Å². The molecular weight excluding hydrogens is 517 g/mol. The molecule has 38 heavy (non-hydrogen) atoms. The van der Waals surface area contributed by atoms with E-state index in [4.69, 9.17) is 21.1 Å². The number of esters is 2. The van der Waals surface area contributed by atoms with E-state index in [1.54, 1.807) is 36.4 Å². The molecule has 0 heterocycles. The average Bonchev–Trinajstić information content (AvgIpc) is 2.89. The molecule has 0 aromatic heterocycles. The van der Waals surface area contributed by atoms with Gasteiger partial charge in [-0.1, -0.05) is 74.7 Å². The van der Waals surface area contributed by atoms with Gasteiger partial charge in [-0.2, -0.15) is 13.2 Å². The summed E-state index contributed by atoms with van der Waals surface area (Å²) in [6.07, 6.45) is -6.11. The van der Waals surface area contributed by atoms with E-state index in [0.717, 1.165) is 36.8 Å². The van der Waals surface area contributed by atoms with Crippen molar-refractivity contribution in [3.05, 3.63) is 106 Å². The summed E-state index contributed by atoms with van der Waals surface area (Å²) < 4.78 is 52.6. The highest BCUT2D eigenvalue weighted by Crippen LogP contribution is 2.34. The monoisotopic (exact) mass is 546 g/mol. The van der Waals surface area contributed by atoms with E-state index >= 15 is 0 Å². The van der Waals surface area contributed by atoms with Crippen LogP contribution in [0.5, 0.6) is 0 Å². The molecule has 202 valence electrons. The van der Waals surface area contributed by atoms with Crippen LogP contribution >= 0.6 is 11.6 Å². The molecule has 0 bridgehead atoms. The average molecular weight is 547 g/mol. The molecule has 3 rings (SSSR count). The number of hydrogen-bond acceptors (Lipinski definition) is 4. The van der Waals surface area contributed by atoms with E-state index in [2.05, 4.69) is 0 Å². The zero-order valence-electron chi connectivity index (χ0n) is 21.3. The number of alkyl halides is 3. The minimum atomic E-state index is -4.89. The Hall–Kier alpha value is -3.32. The second-order valence-corrected chi connectivity index (χ2v) is 9.45. The second kappa shape index (κ2) is 13.5. The maximum atomic E-state index is 14.0. The van der Waals surface area contributed by atoms with Gasteiger partial charge in [0, 0.05) is 11.4 Å². The lowest BCUT2D eigenvalue weighted by atomic mass is 10.0. The van der Waals surface area contributed by atoms with Gasteiger partial charge in [0.25, 0.3) is 0 Å². The summed E-state index contributed by atoms with van der Waals surface area (Å²) in [5.41, 5.74) is 2.50.